The van der Waals surface area contributed by atoms with Crippen LogP contribution in [0.25, 0.3) is 5.69 Å². The van der Waals surface area contributed by atoms with Gasteiger partial charge in [-0.1, -0.05) is 23.9 Å². The van der Waals surface area contributed by atoms with Crippen LogP contribution in [-0.4, -0.2) is 33.0 Å². The molecule has 0 saturated heterocycles. The molecule has 2 aromatic carbocycles. The minimum absolute atomic E-state index is 0.0837. The molecule has 3 N–H and O–H groups in total. The Bertz CT molecular complexity index is 946. The Balaban J connectivity index is 1.93. The van der Waals surface area contributed by atoms with Crippen molar-refractivity contribution >= 4 is 23.4 Å². The van der Waals surface area contributed by atoms with Crippen molar-refractivity contribution in [3.63, 3.8) is 0 Å². The van der Waals surface area contributed by atoms with Crippen LogP contribution in [0.3, 0.4) is 0 Å². The number of carbonyl (C=O) groups is 1. The first-order valence-electron chi connectivity index (χ1n) is 8.65. The van der Waals surface area contributed by atoms with Crippen molar-refractivity contribution in [1.29, 1.82) is 0 Å². The van der Waals surface area contributed by atoms with Gasteiger partial charge in [-0.15, -0.1) is 10.2 Å². The van der Waals surface area contributed by atoms with E-state index in [-0.39, 0.29) is 11.6 Å². The van der Waals surface area contributed by atoms with Crippen molar-refractivity contribution in [2.24, 2.45) is 5.73 Å². The van der Waals surface area contributed by atoms with Crippen LogP contribution in [0.5, 0.6) is 5.75 Å². The summed E-state index contributed by atoms with van der Waals surface area (Å²) in [6, 6.07) is 13.6. The number of aromatic nitrogens is 3. The Hall–Kier alpha value is -3.07. The number of thioether (sulfide) groups is 1. The van der Waals surface area contributed by atoms with Gasteiger partial charge in [-0.2, -0.15) is 0 Å². The summed E-state index contributed by atoms with van der Waals surface area (Å²) in [7, 11) is 0. The van der Waals surface area contributed by atoms with Crippen molar-refractivity contribution in [1.82, 2.24) is 14.8 Å². The van der Waals surface area contributed by atoms with E-state index in [1.807, 2.05) is 35.8 Å². The molecule has 7 nitrogen and oxygen atoms in total. The average molecular weight is 401 g/mol. The lowest BCUT2D eigenvalue weighted by Gasteiger charge is -2.15. The Morgan fingerprint density at radius 2 is 1.96 bits per heavy atom. The number of amides is 1. The second-order valence-corrected chi connectivity index (χ2v) is 6.69. The molecule has 28 heavy (non-hydrogen) atoms. The maximum Gasteiger partial charge on any atom is 0.227 e. The Labute approximate surface area is 166 Å². The molecule has 0 radical (unpaired) electrons. The van der Waals surface area contributed by atoms with Gasteiger partial charge in [0.25, 0.3) is 0 Å². The maximum absolute atomic E-state index is 13.1. The van der Waals surface area contributed by atoms with E-state index in [0.717, 1.165) is 11.4 Å². The molecule has 0 aliphatic rings. The molecule has 0 aliphatic heterocycles. The minimum atomic E-state index is -0.441. The largest absolute Gasteiger partial charge is 0.492 e. The first-order valence-corrected chi connectivity index (χ1v) is 9.64. The predicted molar refractivity (Wildman–Crippen MR) is 106 cm³/mol. The van der Waals surface area contributed by atoms with Crippen LogP contribution in [-0.2, 0) is 11.3 Å². The summed E-state index contributed by atoms with van der Waals surface area (Å²) in [5, 5.41) is 12.2. The first-order chi connectivity index (χ1) is 13.6. The summed E-state index contributed by atoms with van der Waals surface area (Å²) in [4.78, 5) is 11.2. The van der Waals surface area contributed by atoms with E-state index in [2.05, 4.69) is 15.5 Å². The molecule has 9 heteroatoms. The van der Waals surface area contributed by atoms with Gasteiger partial charge in [0, 0.05) is 5.69 Å². The molecule has 1 amide bonds. The summed E-state index contributed by atoms with van der Waals surface area (Å²) in [5.74, 6) is 0.630. The number of hydrogen-bond donors (Lipinski definition) is 2. The fourth-order valence-corrected chi connectivity index (χ4v) is 3.26. The molecule has 146 valence electrons. The lowest BCUT2D eigenvalue weighted by molar-refractivity contribution is -0.115. The summed E-state index contributed by atoms with van der Waals surface area (Å²) in [5.41, 5.74) is 6.79. The molecule has 1 heterocycles. The van der Waals surface area contributed by atoms with E-state index in [1.54, 1.807) is 12.1 Å². The zero-order chi connectivity index (χ0) is 19.9. The molecular weight excluding hydrogens is 381 g/mol. The highest BCUT2D eigenvalue weighted by Gasteiger charge is 2.18. The molecular formula is C19H20FN5O2S. The Kier molecular flexibility index (Phi) is 6.49. The monoisotopic (exact) mass is 401 g/mol. The zero-order valence-electron chi connectivity index (χ0n) is 15.3. The second kappa shape index (κ2) is 9.23. The third-order valence-electron chi connectivity index (χ3n) is 3.74. The third kappa shape index (κ3) is 4.80. The van der Waals surface area contributed by atoms with Crippen LogP contribution in [0.15, 0.2) is 53.7 Å². The highest BCUT2D eigenvalue weighted by molar-refractivity contribution is 7.99. The quantitative estimate of drug-likeness (QED) is 0.535. The molecule has 0 bridgehead atoms. The van der Waals surface area contributed by atoms with Gasteiger partial charge in [-0.3, -0.25) is 9.36 Å². The van der Waals surface area contributed by atoms with Gasteiger partial charge in [0.05, 0.1) is 24.6 Å². The fraction of sp³-hybridized carbons (Fsp3) is 0.211. The number of rotatable bonds is 9. The first kappa shape index (κ1) is 19.7. The van der Waals surface area contributed by atoms with Crippen molar-refractivity contribution in [2.45, 2.75) is 18.6 Å². The van der Waals surface area contributed by atoms with Gasteiger partial charge in [0.15, 0.2) is 11.0 Å². The van der Waals surface area contributed by atoms with Crippen molar-refractivity contribution in [3.8, 4) is 11.4 Å². The van der Waals surface area contributed by atoms with Gasteiger partial charge in [0.1, 0.15) is 11.6 Å². The van der Waals surface area contributed by atoms with E-state index >= 15 is 0 Å². The topological polar surface area (TPSA) is 95.1 Å². The SMILES string of the molecule is CCOc1ccccc1-n1c(CNc2ccc(F)cc2)nnc1SCC(N)=O. The number of benzene rings is 2. The van der Waals surface area contributed by atoms with E-state index in [9.17, 15) is 9.18 Å². The number of nitrogens with zero attached hydrogens (tertiary/aromatic N) is 3. The molecule has 3 rings (SSSR count). The maximum atomic E-state index is 13.1. The Morgan fingerprint density at radius 3 is 2.68 bits per heavy atom. The second-order valence-electron chi connectivity index (χ2n) is 5.75. The zero-order valence-corrected chi connectivity index (χ0v) is 16.1. The van der Waals surface area contributed by atoms with Crippen LogP contribution in [0.1, 0.15) is 12.7 Å². The standard InChI is InChI=1S/C19H20FN5O2S/c1-2-27-16-6-4-3-5-15(16)25-18(23-24-19(25)28-12-17(21)26)11-22-14-9-7-13(20)8-10-14/h3-10,22H,2,11-12H2,1H3,(H2,21,26). The third-order valence-corrected chi connectivity index (χ3v) is 4.70. The number of nitrogens with two attached hydrogens (primary N) is 1. The number of primary amides is 1. The number of halogens is 1. The van der Waals surface area contributed by atoms with Crippen molar-refractivity contribution < 1.29 is 13.9 Å². The van der Waals surface area contributed by atoms with E-state index in [4.69, 9.17) is 10.5 Å². The number of nitrogens with one attached hydrogen (secondary N) is 1. The predicted octanol–water partition coefficient (Wildman–Crippen LogP) is 2.99. The highest BCUT2D eigenvalue weighted by atomic mass is 32.2. The smallest absolute Gasteiger partial charge is 0.227 e. The number of carbonyl (C=O) groups excluding carboxylic acids is 1. The van der Waals surface area contributed by atoms with Crippen LogP contribution < -0.4 is 15.8 Å². The van der Waals surface area contributed by atoms with Gasteiger partial charge < -0.3 is 15.8 Å². The molecule has 0 fully saturated rings. The van der Waals surface area contributed by atoms with E-state index < -0.39 is 5.91 Å². The van der Waals surface area contributed by atoms with E-state index in [1.165, 1.54) is 23.9 Å². The van der Waals surface area contributed by atoms with Crippen LogP contribution >= 0.6 is 11.8 Å². The van der Waals surface area contributed by atoms with Gasteiger partial charge in [-0.25, -0.2) is 4.39 Å². The van der Waals surface area contributed by atoms with Crippen molar-refractivity contribution in [2.75, 3.05) is 17.7 Å². The Morgan fingerprint density at radius 1 is 1.21 bits per heavy atom. The number of ether oxygens (including phenoxy) is 1. The molecule has 0 atom stereocenters. The fourth-order valence-electron chi connectivity index (χ4n) is 2.55. The molecule has 0 unspecified atom stereocenters. The summed E-state index contributed by atoms with van der Waals surface area (Å²) in [6.45, 7) is 2.75. The molecule has 3 aromatic rings. The van der Waals surface area contributed by atoms with Crippen LogP contribution in [0.4, 0.5) is 10.1 Å². The summed E-state index contributed by atoms with van der Waals surface area (Å²) in [6.07, 6.45) is 0. The normalized spacial score (nSPS) is 10.6. The lowest BCUT2D eigenvalue weighted by atomic mass is 10.3. The van der Waals surface area contributed by atoms with Gasteiger partial charge in [-0.05, 0) is 43.3 Å². The molecule has 0 saturated carbocycles. The highest BCUT2D eigenvalue weighted by Crippen LogP contribution is 2.29. The van der Waals surface area contributed by atoms with Gasteiger partial charge in [0.2, 0.25) is 5.91 Å². The number of hydrogen-bond acceptors (Lipinski definition) is 6. The molecule has 1 aromatic heterocycles. The van der Waals surface area contributed by atoms with Crippen LogP contribution in [0, 0.1) is 5.82 Å². The summed E-state index contributed by atoms with van der Waals surface area (Å²) < 4.78 is 20.7. The van der Waals surface area contributed by atoms with Gasteiger partial charge >= 0.3 is 0 Å². The minimum Gasteiger partial charge on any atom is -0.492 e. The number of anilines is 1. The average Bonchev–Trinajstić information content (AvgIpc) is 3.09. The summed E-state index contributed by atoms with van der Waals surface area (Å²) >= 11 is 1.20. The molecule has 0 aliphatic carbocycles. The van der Waals surface area contributed by atoms with Crippen molar-refractivity contribution in [3.05, 3.63) is 60.2 Å². The molecule has 0 spiro atoms. The van der Waals surface area contributed by atoms with Crippen LogP contribution in [0.2, 0.25) is 0 Å². The number of para-hydroxylation sites is 2. The lowest BCUT2D eigenvalue weighted by Crippen LogP contribution is -2.14. The van der Waals surface area contributed by atoms with E-state index in [0.29, 0.717) is 29.9 Å².